The summed E-state index contributed by atoms with van der Waals surface area (Å²) in [5, 5.41) is 4.17. The number of carbonyl (C=O) groups excluding carboxylic acids is 1. The van der Waals surface area contributed by atoms with E-state index in [-0.39, 0.29) is 27.7 Å². The van der Waals surface area contributed by atoms with Crippen molar-refractivity contribution in [3.8, 4) is 11.5 Å². The van der Waals surface area contributed by atoms with Gasteiger partial charge in [0.15, 0.2) is 5.75 Å². The van der Waals surface area contributed by atoms with Crippen LogP contribution in [0.5, 0.6) is 11.5 Å². The predicted octanol–water partition coefficient (Wildman–Crippen LogP) is 7.73. The lowest BCUT2D eigenvalue weighted by Gasteiger charge is -2.42. The maximum Gasteiger partial charge on any atom is 0.268 e. The summed E-state index contributed by atoms with van der Waals surface area (Å²) in [6.45, 7) is 15.2. The van der Waals surface area contributed by atoms with Crippen LogP contribution in [-0.2, 0) is 19.5 Å². The fraction of sp³-hybridized carbons (Fsp3) is 0.417. The number of morpholine rings is 1. The van der Waals surface area contributed by atoms with Gasteiger partial charge in [0.25, 0.3) is 15.9 Å². The number of piperazine rings is 1. The molecule has 13 nitrogen and oxygen atoms in total. The maximum absolute atomic E-state index is 14.0. The number of amides is 1. The van der Waals surface area contributed by atoms with Crippen LogP contribution in [0.1, 0.15) is 54.6 Å². The van der Waals surface area contributed by atoms with Gasteiger partial charge in [-0.25, -0.2) is 18.1 Å². The Morgan fingerprint density at radius 2 is 1.79 bits per heavy atom. The van der Waals surface area contributed by atoms with Crippen LogP contribution in [-0.4, -0.2) is 118 Å². The van der Waals surface area contributed by atoms with Crippen molar-refractivity contribution in [2.45, 2.75) is 57.1 Å². The Bertz CT molecular complexity index is 2600. The van der Waals surface area contributed by atoms with E-state index in [4.69, 9.17) is 25.8 Å². The Hall–Kier alpha value is -4.96. The summed E-state index contributed by atoms with van der Waals surface area (Å²) in [5.74, 6) is -0.133. The fourth-order valence-electron chi connectivity index (χ4n) is 9.11. The van der Waals surface area contributed by atoms with Gasteiger partial charge in [-0.3, -0.25) is 14.6 Å². The van der Waals surface area contributed by atoms with Crippen molar-refractivity contribution in [3.63, 3.8) is 0 Å². The first-order valence-corrected chi connectivity index (χ1v) is 23.8. The van der Waals surface area contributed by atoms with Crippen molar-refractivity contribution in [1.82, 2.24) is 24.5 Å². The molecule has 4 aromatic carbocycles. The van der Waals surface area contributed by atoms with Crippen LogP contribution in [0.4, 0.5) is 11.4 Å². The zero-order valence-corrected chi connectivity index (χ0v) is 37.7. The summed E-state index contributed by atoms with van der Waals surface area (Å²) >= 11 is 6.26. The summed E-state index contributed by atoms with van der Waals surface area (Å²) in [6.07, 6.45) is 4.86. The standard InChI is InChI=1S/C48H56ClN7O6S/c1-32-23-39(12-14-42(32)50-26-38-28-56(21-22-61-38)37-29-60-30-37)63(58,59)53-47(57)40-13-11-36(24-45(40)62-44-6-4-5-43-46(44)52-31-51-43)55-19-17-54(18-20-55)27-34-15-16-48(2,3)25-41(34)33-7-9-35(49)10-8-33/h4-14,23-24,31,37-38,50H,15-22,25-30H2,1-3H3,(H,51,52)(H,53,57). The average Bonchev–Trinajstić information content (AvgIpc) is 3.74. The summed E-state index contributed by atoms with van der Waals surface area (Å²) in [5.41, 5.74) is 8.29. The average molecular weight is 895 g/mol. The van der Waals surface area contributed by atoms with Gasteiger partial charge < -0.3 is 29.4 Å². The first-order chi connectivity index (χ1) is 30.4. The lowest BCUT2D eigenvalue weighted by atomic mass is 9.72. The molecule has 0 saturated carbocycles. The van der Waals surface area contributed by atoms with E-state index in [1.165, 1.54) is 22.8 Å². The number of carbonyl (C=O) groups is 1. The normalized spacial score (nSPS) is 20.1. The van der Waals surface area contributed by atoms with E-state index in [1.54, 1.807) is 30.6 Å². The number of aromatic nitrogens is 2. The second-order valence-corrected chi connectivity index (χ2v) is 20.1. The number of fused-ring (bicyclic) bond motifs is 1. The molecule has 63 heavy (non-hydrogen) atoms. The minimum absolute atomic E-state index is 0.000769. The molecule has 1 aromatic heterocycles. The van der Waals surface area contributed by atoms with E-state index in [0.717, 1.165) is 106 Å². The van der Waals surface area contributed by atoms with E-state index in [2.05, 4.69) is 60.7 Å². The number of benzene rings is 4. The number of sulfonamides is 1. The Balaban J connectivity index is 0.896. The molecule has 4 heterocycles. The molecule has 3 saturated heterocycles. The van der Waals surface area contributed by atoms with Gasteiger partial charge in [0.2, 0.25) is 0 Å². The van der Waals surface area contributed by atoms with E-state index < -0.39 is 15.9 Å². The Morgan fingerprint density at radius 3 is 2.56 bits per heavy atom. The zero-order valence-electron chi connectivity index (χ0n) is 36.2. The van der Waals surface area contributed by atoms with Crippen LogP contribution in [0.3, 0.4) is 0 Å². The van der Waals surface area contributed by atoms with Gasteiger partial charge in [-0.2, -0.15) is 0 Å². The topological polar surface area (TPSA) is 141 Å². The van der Waals surface area contributed by atoms with Crippen molar-refractivity contribution in [2.24, 2.45) is 5.41 Å². The number of H-pyrrole nitrogens is 1. The highest BCUT2D eigenvalue weighted by Gasteiger charge is 2.32. The summed E-state index contributed by atoms with van der Waals surface area (Å²) in [6, 6.07) is 24.4. The van der Waals surface area contributed by atoms with Gasteiger partial charge in [0.1, 0.15) is 11.3 Å². The lowest BCUT2D eigenvalue weighted by Crippen LogP contribution is -2.56. The minimum atomic E-state index is -4.26. The number of halogens is 1. The number of nitrogens with zero attached hydrogens (tertiary/aromatic N) is 4. The highest BCUT2D eigenvalue weighted by molar-refractivity contribution is 7.90. The van der Waals surface area contributed by atoms with Crippen molar-refractivity contribution < 1.29 is 27.4 Å². The van der Waals surface area contributed by atoms with Gasteiger partial charge in [-0.15, -0.1) is 0 Å². The lowest BCUT2D eigenvalue weighted by molar-refractivity contribution is -0.111. The van der Waals surface area contributed by atoms with E-state index >= 15 is 0 Å². The highest BCUT2D eigenvalue weighted by Crippen LogP contribution is 2.43. The number of ether oxygens (including phenoxy) is 3. The largest absolute Gasteiger partial charge is 0.454 e. The molecule has 3 N–H and O–H groups in total. The number of aryl methyl sites for hydroxylation is 1. The SMILES string of the molecule is Cc1cc(S(=O)(=O)NC(=O)c2ccc(N3CCN(CC4=C(c5ccc(Cl)cc5)CC(C)(C)CC4)CC3)cc2Oc2cccc3[nH]cnc23)ccc1NCC1CN(C2COC2)CCO1. The number of nitrogens with one attached hydrogen (secondary N) is 3. The van der Waals surface area contributed by atoms with Crippen LogP contribution in [0.15, 0.2) is 95.7 Å². The molecule has 3 aliphatic heterocycles. The number of rotatable bonds is 13. The number of hydrogen-bond acceptors (Lipinski definition) is 11. The van der Waals surface area contributed by atoms with Crippen LogP contribution >= 0.6 is 11.6 Å². The van der Waals surface area contributed by atoms with Crippen LogP contribution < -0.4 is 19.7 Å². The molecule has 0 radical (unpaired) electrons. The van der Waals surface area contributed by atoms with Crippen molar-refractivity contribution in [2.75, 3.05) is 82.4 Å². The second-order valence-electron chi connectivity index (χ2n) is 18.0. The van der Waals surface area contributed by atoms with Crippen molar-refractivity contribution >= 4 is 55.5 Å². The van der Waals surface area contributed by atoms with E-state index in [0.29, 0.717) is 30.5 Å². The Labute approximate surface area is 374 Å². The van der Waals surface area contributed by atoms with Crippen LogP contribution in [0, 0.1) is 12.3 Å². The Morgan fingerprint density at radius 1 is 0.984 bits per heavy atom. The summed E-state index contributed by atoms with van der Waals surface area (Å²) < 4.78 is 47.8. The third-order valence-electron chi connectivity index (χ3n) is 12.9. The van der Waals surface area contributed by atoms with E-state index in [1.807, 2.05) is 43.3 Å². The van der Waals surface area contributed by atoms with Crippen molar-refractivity contribution in [3.05, 3.63) is 112 Å². The second kappa shape index (κ2) is 18.3. The van der Waals surface area contributed by atoms with E-state index in [9.17, 15) is 13.2 Å². The molecule has 0 bridgehead atoms. The van der Waals surface area contributed by atoms with Gasteiger partial charge in [0, 0.05) is 74.8 Å². The smallest absolute Gasteiger partial charge is 0.268 e. The molecule has 5 aromatic rings. The van der Waals surface area contributed by atoms with Gasteiger partial charge in [0.05, 0.1) is 54.3 Å². The zero-order chi connectivity index (χ0) is 43.7. The molecular formula is C48H56ClN7O6S. The molecular weight excluding hydrogens is 838 g/mol. The number of para-hydroxylation sites is 1. The number of aromatic amines is 1. The number of anilines is 2. The quantitative estimate of drug-likeness (QED) is 0.107. The minimum Gasteiger partial charge on any atom is -0.454 e. The summed E-state index contributed by atoms with van der Waals surface area (Å²) in [7, 11) is -4.26. The molecule has 0 spiro atoms. The molecule has 3 fully saturated rings. The first-order valence-electron chi connectivity index (χ1n) is 21.9. The molecule has 15 heteroatoms. The third kappa shape index (κ3) is 9.91. The molecule has 9 rings (SSSR count). The van der Waals surface area contributed by atoms with Gasteiger partial charge in [-0.05, 0) is 103 Å². The van der Waals surface area contributed by atoms with Crippen LogP contribution in [0.25, 0.3) is 16.6 Å². The molecule has 332 valence electrons. The number of imidazole rings is 1. The molecule has 1 aliphatic carbocycles. The first kappa shape index (κ1) is 43.3. The highest BCUT2D eigenvalue weighted by atomic mass is 35.5. The summed E-state index contributed by atoms with van der Waals surface area (Å²) in [4.78, 5) is 28.8. The molecule has 1 atom stereocenters. The monoisotopic (exact) mass is 893 g/mol. The third-order valence-corrected chi connectivity index (χ3v) is 14.5. The van der Waals surface area contributed by atoms with Gasteiger partial charge in [-0.1, -0.05) is 49.2 Å². The fourth-order valence-corrected chi connectivity index (χ4v) is 10.3. The van der Waals surface area contributed by atoms with Gasteiger partial charge >= 0.3 is 0 Å². The van der Waals surface area contributed by atoms with Crippen molar-refractivity contribution in [1.29, 1.82) is 0 Å². The number of allylic oxidation sites excluding steroid dienone is 1. The Kier molecular flexibility index (Phi) is 12.6. The predicted molar refractivity (Wildman–Crippen MR) is 248 cm³/mol. The maximum atomic E-state index is 14.0. The molecule has 1 amide bonds. The van der Waals surface area contributed by atoms with Crippen LogP contribution in [0.2, 0.25) is 5.02 Å². The molecule has 4 aliphatic rings. The molecule has 1 unspecified atom stereocenters. The number of hydrogen-bond donors (Lipinski definition) is 3.